The summed E-state index contributed by atoms with van der Waals surface area (Å²) in [5.41, 5.74) is 7.11. The molecular weight excluding hydrogens is 248 g/mol. The molecule has 2 heterocycles. The lowest BCUT2D eigenvalue weighted by atomic mass is 9.88. The van der Waals surface area contributed by atoms with Crippen LogP contribution in [-0.4, -0.2) is 49.2 Å². The van der Waals surface area contributed by atoms with Crippen molar-refractivity contribution in [2.75, 3.05) is 44.2 Å². The second kappa shape index (κ2) is 6.55. The molecule has 1 aromatic heterocycles. The van der Waals surface area contributed by atoms with Crippen molar-refractivity contribution in [2.24, 2.45) is 5.73 Å². The molecule has 4 nitrogen and oxygen atoms in total. The van der Waals surface area contributed by atoms with E-state index in [4.69, 9.17) is 5.73 Å². The van der Waals surface area contributed by atoms with Crippen LogP contribution in [0.3, 0.4) is 0 Å². The number of nitrogens with zero attached hydrogens (tertiary/aromatic N) is 3. The maximum Gasteiger partial charge on any atom is 0.128 e. The predicted octanol–water partition coefficient (Wildman–Crippen LogP) is 1.85. The summed E-state index contributed by atoms with van der Waals surface area (Å²) in [5, 5.41) is 0. The van der Waals surface area contributed by atoms with Gasteiger partial charge in [0.2, 0.25) is 0 Å². The molecule has 0 amide bonds. The molecular formula is C16H28N4. The van der Waals surface area contributed by atoms with Gasteiger partial charge >= 0.3 is 0 Å². The standard InChI is InChI=1S/C16H28N4/c1-16(2,3)14-5-6-15(18-13-14)20-9-4-8-19(10-7-17)11-12-20/h5-6,13H,4,7-12,17H2,1-3H3. The zero-order valence-corrected chi connectivity index (χ0v) is 13.1. The van der Waals surface area contributed by atoms with Crippen molar-refractivity contribution in [1.82, 2.24) is 9.88 Å². The fourth-order valence-corrected chi connectivity index (χ4v) is 2.62. The third kappa shape index (κ3) is 3.93. The Morgan fingerprint density at radius 3 is 2.55 bits per heavy atom. The molecule has 0 aliphatic carbocycles. The fraction of sp³-hybridized carbons (Fsp3) is 0.688. The quantitative estimate of drug-likeness (QED) is 0.915. The van der Waals surface area contributed by atoms with Crippen molar-refractivity contribution in [1.29, 1.82) is 0 Å². The smallest absolute Gasteiger partial charge is 0.128 e. The van der Waals surface area contributed by atoms with E-state index < -0.39 is 0 Å². The van der Waals surface area contributed by atoms with Gasteiger partial charge in [-0.25, -0.2) is 4.98 Å². The zero-order chi connectivity index (χ0) is 14.6. The molecule has 1 aliphatic heterocycles. The summed E-state index contributed by atoms with van der Waals surface area (Å²) in [6, 6.07) is 4.38. The molecule has 4 heteroatoms. The first-order chi connectivity index (χ1) is 9.50. The molecule has 2 rings (SSSR count). The van der Waals surface area contributed by atoms with Crippen LogP contribution in [0.4, 0.5) is 5.82 Å². The van der Waals surface area contributed by atoms with Gasteiger partial charge in [-0.2, -0.15) is 0 Å². The van der Waals surface area contributed by atoms with Gasteiger partial charge < -0.3 is 15.5 Å². The lowest BCUT2D eigenvalue weighted by molar-refractivity contribution is 0.302. The number of hydrogen-bond donors (Lipinski definition) is 1. The van der Waals surface area contributed by atoms with Crippen LogP contribution in [0.2, 0.25) is 0 Å². The van der Waals surface area contributed by atoms with Gasteiger partial charge in [0.15, 0.2) is 0 Å². The van der Waals surface area contributed by atoms with E-state index in [0.29, 0.717) is 0 Å². The molecule has 1 aliphatic rings. The molecule has 0 radical (unpaired) electrons. The Bertz CT molecular complexity index is 407. The van der Waals surface area contributed by atoms with Gasteiger partial charge in [0.1, 0.15) is 5.82 Å². The predicted molar refractivity (Wildman–Crippen MR) is 85.3 cm³/mol. The molecule has 2 N–H and O–H groups in total. The van der Waals surface area contributed by atoms with E-state index in [-0.39, 0.29) is 5.41 Å². The molecule has 1 aromatic rings. The Hall–Kier alpha value is -1.13. The largest absolute Gasteiger partial charge is 0.355 e. The molecule has 112 valence electrons. The van der Waals surface area contributed by atoms with E-state index >= 15 is 0 Å². The molecule has 0 aromatic carbocycles. The number of hydrogen-bond acceptors (Lipinski definition) is 4. The third-order valence-electron chi connectivity index (χ3n) is 3.97. The van der Waals surface area contributed by atoms with Crippen LogP contribution in [0.25, 0.3) is 0 Å². The first-order valence-electron chi connectivity index (χ1n) is 7.64. The van der Waals surface area contributed by atoms with Crippen LogP contribution in [0.1, 0.15) is 32.8 Å². The van der Waals surface area contributed by atoms with Gasteiger partial charge in [0.25, 0.3) is 0 Å². The molecule has 0 atom stereocenters. The second-order valence-corrected chi connectivity index (χ2v) is 6.63. The van der Waals surface area contributed by atoms with Crippen LogP contribution in [0.15, 0.2) is 18.3 Å². The topological polar surface area (TPSA) is 45.4 Å². The molecule has 0 saturated carbocycles. The SMILES string of the molecule is CC(C)(C)c1ccc(N2CCCN(CCN)CC2)nc1. The van der Waals surface area contributed by atoms with E-state index in [2.05, 4.69) is 47.7 Å². The lowest BCUT2D eigenvalue weighted by Crippen LogP contribution is -2.34. The van der Waals surface area contributed by atoms with Crippen molar-refractivity contribution >= 4 is 5.82 Å². The van der Waals surface area contributed by atoms with E-state index in [0.717, 1.165) is 45.1 Å². The molecule has 1 saturated heterocycles. The number of pyridine rings is 1. The van der Waals surface area contributed by atoms with Gasteiger partial charge in [0.05, 0.1) is 0 Å². The number of nitrogens with two attached hydrogens (primary N) is 1. The van der Waals surface area contributed by atoms with E-state index in [1.807, 2.05) is 6.20 Å². The van der Waals surface area contributed by atoms with E-state index in [1.165, 1.54) is 12.0 Å². The summed E-state index contributed by atoms with van der Waals surface area (Å²) in [6.45, 7) is 12.8. The Balaban J connectivity index is 2.01. The van der Waals surface area contributed by atoms with Crippen LogP contribution < -0.4 is 10.6 Å². The Kier molecular flexibility index (Phi) is 5.00. The van der Waals surface area contributed by atoms with Gasteiger partial charge in [-0.05, 0) is 30.0 Å². The highest BCUT2D eigenvalue weighted by Gasteiger charge is 2.17. The van der Waals surface area contributed by atoms with E-state index in [1.54, 1.807) is 0 Å². The number of aromatic nitrogens is 1. The Labute approximate surface area is 123 Å². The molecule has 20 heavy (non-hydrogen) atoms. The highest BCUT2D eigenvalue weighted by atomic mass is 15.2. The van der Waals surface area contributed by atoms with Crippen molar-refractivity contribution in [2.45, 2.75) is 32.6 Å². The lowest BCUT2D eigenvalue weighted by Gasteiger charge is -2.24. The van der Waals surface area contributed by atoms with Gasteiger partial charge in [0, 0.05) is 38.9 Å². The minimum Gasteiger partial charge on any atom is -0.355 e. The maximum absolute atomic E-state index is 5.65. The number of rotatable bonds is 3. The van der Waals surface area contributed by atoms with Gasteiger partial charge in [-0.3, -0.25) is 0 Å². The average molecular weight is 276 g/mol. The minimum absolute atomic E-state index is 0.169. The first-order valence-corrected chi connectivity index (χ1v) is 7.64. The summed E-state index contributed by atoms with van der Waals surface area (Å²) in [6.07, 6.45) is 3.21. The maximum atomic E-state index is 5.65. The fourth-order valence-electron chi connectivity index (χ4n) is 2.62. The highest BCUT2D eigenvalue weighted by Crippen LogP contribution is 2.23. The summed E-state index contributed by atoms with van der Waals surface area (Å²) < 4.78 is 0. The first kappa shape index (κ1) is 15.3. The summed E-state index contributed by atoms with van der Waals surface area (Å²) in [5.74, 6) is 1.10. The van der Waals surface area contributed by atoms with Crippen molar-refractivity contribution in [3.63, 3.8) is 0 Å². The van der Waals surface area contributed by atoms with Crippen LogP contribution in [0, 0.1) is 0 Å². The van der Waals surface area contributed by atoms with Crippen molar-refractivity contribution in [3.05, 3.63) is 23.9 Å². The molecule has 0 unspecified atom stereocenters. The van der Waals surface area contributed by atoms with Crippen molar-refractivity contribution < 1.29 is 0 Å². The second-order valence-electron chi connectivity index (χ2n) is 6.63. The zero-order valence-electron chi connectivity index (χ0n) is 13.1. The van der Waals surface area contributed by atoms with Crippen LogP contribution in [0.5, 0.6) is 0 Å². The Morgan fingerprint density at radius 1 is 1.15 bits per heavy atom. The Morgan fingerprint density at radius 2 is 1.95 bits per heavy atom. The van der Waals surface area contributed by atoms with Crippen molar-refractivity contribution in [3.8, 4) is 0 Å². The van der Waals surface area contributed by atoms with Crippen LogP contribution >= 0.6 is 0 Å². The van der Waals surface area contributed by atoms with Crippen LogP contribution in [-0.2, 0) is 5.41 Å². The highest BCUT2D eigenvalue weighted by molar-refractivity contribution is 5.40. The monoisotopic (exact) mass is 276 g/mol. The molecule has 1 fully saturated rings. The molecule has 0 bridgehead atoms. The minimum atomic E-state index is 0.169. The third-order valence-corrected chi connectivity index (χ3v) is 3.97. The summed E-state index contributed by atoms with van der Waals surface area (Å²) in [7, 11) is 0. The van der Waals surface area contributed by atoms with Gasteiger partial charge in [-0.15, -0.1) is 0 Å². The normalized spacial score (nSPS) is 18.1. The number of anilines is 1. The summed E-state index contributed by atoms with van der Waals surface area (Å²) in [4.78, 5) is 9.50. The van der Waals surface area contributed by atoms with E-state index in [9.17, 15) is 0 Å². The summed E-state index contributed by atoms with van der Waals surface area (Å²) >= 11 is 0. The molecule has 0 spiro atoms. The van der Waals surface area contributed by atoms with Gasteiger partial charge in [-0.1, -0.05) is 26.8 Å². The average Bonchev–Trinajstić information content (AvgIpc) is 2.64.